The van der Waals surface area contributed by atoms with Crippen molar-refractivity contribution in [2.45, 2.75) is 25.8 Å². The molecule has 1 aromatic heterocycles. The third kappa shape index (κ3) is 4.46. The summed E-state index contributed by atoms with van der Waals surface area (Å²) < 4.78 is 1.57. The quantitative estimate of drug-likeness (QED) is 0.871. The van der Waals surface area contributed by atoms with E-state index in [0.717, 1.165) is 19.5 Å². The topological polar surface area (TPSA) is 61.6 Å². The van der Waals surface area contributed by atoms with Crippen LogP contribution in [0.2, 0.25) is 5.02 Å². The lowest BCUT2D eigenvalue weighted by Crippen LogP contribution is -2.48. The maximum absolute atomic E-state index is 12.5. The highest BCUT2D eigenvalue weighted by Crippen LogP contribution is 2.24. The van der Waals surface area contributed by atoms with Crippen LogP contribution in [0.1, 0.15) is 19.3 Å². The third-order valence-electron chi connectivity index (χ3n) is 4.85. The number of aliphatic hydroxyl groups is 1. The summed E-state index contributed by atoms with van der Waals surface area (Å²) in [5.74, 6) is 0.681. The van der Waals surface area contributed by atoms with Gasteiger partial charge in [0.05, 0.1) is 11.2 Å². The van der Waals surface area contributed by atoms with Crippen LogP contribution in [0.25, 0.3) is 0 Å². The molecule has 1 N–H and O–H groups in total. The van der Waals surface area contributed by atoms with Crippen LogP contribution >= 0.6 is 11.6 Å². The molecule has 2 saturated heterocycles. The lowest BCUT2D eigenvalue weighted by atomic mass is 9.89. The third-order valence-corrected chi connectivity index (χ3v) is 5.04. The van der Waals surface area contributed by atoms with Crippen LogP contribution < -0.4 is 0 Å². The molecule has 0 aromatic carbocycles. The molecule has 0 spiro atoms. The molecule has 0 radical (unpaired) electrons. The Morgan fingerprint density at radius 3 is 2.70 bits per heavy atom. The number of hydrogen-bond donors (Lipinski definition) is 1. The number of hydrogen-bond acceptors (Lipinski definition) is 4. The number of amides is 1. The molecule has 128 valence electrons. The number of nitrogens with zero attached hydrogens (tertiary/aromatic N) is 4. The summed E-state index contributed by atoms with van der Waals surface area (Å²) in [5, 5.41) is 14.2. The van der Waals surface area contributed by atoms with Gasteiger partial charge in [0.1, 0.15) is 6.54 Å². The van der Waals surface area contributed by atoms with Gasteiger partial charge in [0.15, 0.2) is 0 Å². The fourth-order valence-electron chi connectivity index (χ4n) is 3.78. The van der Waals surface area contributed by atoms with Crippen molar-refractivity contribution >= 4 is 17.5 Å². The molecule has 1 amide bonds. The summed E-state index contributed by atoms with van der Waals surface area (Å²) in [5.41, 5.74) is 0. The molecule has 2 fully saturated rings. The zero-order chi connectivity index (χ0) is 16.2. The first-order valence-corrected chi connectivity index (χ1v) is 8.81. The van der Waals surface area contributed by atoms with E-state index in [9.17, 15) is 9.90 Å². The summed E-state index contributed by atoms with van der Waals surface area (Å²) in [6, 6.07) is 0. The zero-order valence-corrected chi connectivity index (χ0v) is 14.2. The van der Waals surface area contributed by atoms with E-state index in [2.05, 4.69) is 10.00 Å². The minimum absolute atomic E-state index is 0.0503. The Labute approximate surface area is 142 Å². The highest BCUT2D eigenvalue weighted by atomic mass is 35.5. The van der Waals surface area contributed by atoms with Crippen LogP contribution in [0.15, 0.2) is 12.4 Å². The average molecular weight is 341 g/mol. The van der Waals surface area contributed by atoms with Gasteiger partial charge >= 0.3 is 0 Å². The zero-order valence-electron chi connectivity index (χ0n) is 13.4. The fraction of sp³-hybridized carbons (Fsp3) is 0.750. The molecule has 2 atom stereocenters. The molecule has 2 aliphatic heterocycles. The maximum atomic E-state index is 12.5. The predicted molar refractivity (Wildman–Crippen MR) is 88.2 cm³/mol. The first-order valence-electron chi connectivity index (χ1n) is 8.43. The van der Waals surface area contributed by atoms with E-state index in [4.69, 9.17) is 11.6 Å². The highest BCUT2D eigenvalue weighted by molar-refractivity contribution is 6.30. The Balaban J connectivity index is 1.59. The Morgan fingerprint density at radius 2 is 2.04 bits per heavy atom. The van der Waals surface area contributed by atoms with Crippen LogP contribution in [0.5, 0.6) is 0 Å². The highest BCUT2D eigenvalue weighted by Gasteiger charge is 2.31. The first kappa shape index (κ1) is 16.7. The Hall–Kier alpha value is -1.11. The van der Waals surface area contributed by atoms with Gasteiger partial charge in [-0.25, -0.2) is 0 Å². The van der Waals surface area contributed by atoms with E-state index in [1.165, 1.54) is 32.1 Å². The standard InChI is InChI=1S/C16H25ClN4O2/c17-15-6-18-21(10-15)11-16(23)20-8-13(5-14(9-20)12-22)7-19-3-1-2-4-19/h6,10,13-14,22H,1-5,7-9,11-12H2/t13-,14+/m1/s1. The van der Waals surface area contributed by atoms with E-state index in [0.29, 0.717) is 17.5 Å². The second kappa shape index (κ2) is 7.64. The molecule has 3 heterocycles. The predicted octanol–water partition coefficient (Wildman–Crippen LogP) is 1.09. The van der Waals surface area contributed by atoms with Crippen molar-refractivity contribution < 1.29 is 9.90 Å². The van der Waals surface area contributed by atoms with Crippen molar-refractivity contribution in [3.63, 3.8) is 0 Å². The van der Waals surface area contributed by atoms with Crippen LogP contribution in [0.4, 0.5) is 0 Å². The molecule has 0 aliphatic carbocycles. The Bertz CT molecular complexity index is 530. The fourth-order valence-corrected chi connectivity index (χ4v) is 3.94. The number of likely N-dealkylation sites (tertiary alicyclic amines) is 2. The molecule has 7 heteroatoms. The second-order valence-electron chi connectivity index (χ2n) is 6.81. The summed E-state index contributed by atoms with van der Waals surface area (Å²) in [4.78, 5) is 16.9. The van der Waals surface area contributed by atoms with Gasteiger partial charge in [-0.1, -0.05) is 11.6 Å². The molecule has 0 saturated carbocycles. The van der Waals surface area contributed by atoms with Crippen LogP contribution in [0, 0.1) is 11.8 Å². The van der Waals surface area contributed by atoms with Crippen LogP contribution in [-0.4, -0.2) is 69.9 Å². The lowest BCUT2D eigenvalue weighted by Gasteiger charge is -2.38. The summed E-state index contributed by atoms with van der Waals surface area (Å²) in [7, 11) is 0. The number of carbonyl (C=O) groups excluding carboxylic acids is 1. The molecular weight excluding hydrogens is 316 g/mol. The molecular formula is C16H25ClN4O2. The van der Waals surface area contributed by atoms with Crippen molar-refractivity contribution in [2.75, 3.05) is 39.3 Å². The maximum Gasteiger partial charge on any atom is 0.244 e. The van der Waals surface area contributed by atoms with E-state index >= 15 is 0 Å². The lowest BCUT2D eigenvalue weighted by molar-refractivity contribution is -0.135. The minimum atomic E-state index is 0.0503. The number of carbonyl (C=O) groups is 1. The second-order valence-corrected chi connectivity index (χ2v) is 7.25. The Kier molecular flexibility index (Phi) is 5.56. The smallest absolute Gasteiger partial charge is 0.244 e. The van der Waals surface area contributed by atoms with E-state index in [1.807, 2.05) is 4.90 Å². The van der Waals surface area contributed by atoms with Crippen molar-refractivity contribution in [1.29, 1.82) is 0 Å². The summed E-state index contributed by atoms with van der Waals surface area (Å²) in [6.07, 6.45) is 6.76. The van der Waals surface area contributed by atoms with E-state index in [1.54, 1.807) is 10.9 Å². The number of halogens is 1. The molecule has 0 unspecified atom stereocenters. The van der Waals surface area contributed by atoms with Gasteiger partial charge in [0.2, 0.25) is 5.91 Å². The molecule has 6 nitrogen and oxygen atoms in total. The Morgan fingerprint density at radius 1 is 1.30 bits per heavy atom. The minimum Gasteiger partial charge on any atom is -0.396 e. The van der Waals surface area contributed by atoms with Gasteiger partial charge in [-0.3, -0.25) is 9.48 Å². The molecule has 23 heavy (non-hydrogen) atoms. The van der Waals surface area contributed by atoms with Crippen molar-refractivity contribution in [3.8, 4) is 0 Å². The van der Waals surface area contributed by atoms with Crippen molar-refractivity contribution in [3.05, 3.63) is 17.4 Å². The van der Waals surface area contributed by atoms with Gasteiger partial charge in [-0.05, 0) is 44.2 Å². The van der Waals surface area contributed by atoms with Gasteiger partial charge in [-0.2, -0.15) is 5.10 Å². The number of piperidine rings is 1. The molecule has 0 bridgehead atoms. The largest absolute Gasteiger partial charge is 0.396 e. The van der Waals surface area contributed by atoms with E-state index in [-0.39, 0.29) is 25.0 Å². The number of rotatable bonds is 5. The molecule has 1 aromatic rings. The van der Waals surface area contributed by atoms with Gasteiger partial charge in [0.25, 0.3) is 0 Å². The number of aromatic nitrogens is 2. The van der Waals surface area contributed by atoms with Gasteiger partial charge in [-0.15, -0.1) is 0 Å². The monoisotopic (exact) mass is 340 g/mol. The van der Waals surface area contributed by atoms with Crippen LogP contribution in [0.3, 0.4) is 0 Å². The molecule has 2 aliphatic rings. The van der Waals surface area contributed by atoms with Gasteiger partial charge < -0.3 is 14.9 Å². The van der Waals surface area contributed by atoms with E-state index < -0.39 is 0 Å². The SMILES string of the molecule is O=C(Cn1cc(Cl)cn1)N1C[C@@H](CN2CCCC2)C[C@H](CO)C1. The summed E-state index contributed by atoms with van der Waals surface area (Å²) in [6.45, 7) is 5.14. The summed E-state index contributed by atoms with van der Waals surface area (Å²) >= 11 is 5.85. The number of aliphatic hydroxyl groups excluding tert-OH is 1. The van der Waals surface area contributed by atoms with Crippen molar-refractivity contribution in [1.82, 2.24) is 19.6 Å². The van der Waals surface area contributed by atoms with Crippen LogP contribution in [-0.2, 0) is 11.3 Å². The first-order chi connectivity index (χ1) is 11.1. The van der Waals surface area contributed by atoms with Crippen molar-refractivity contribution in [2.24, 2.45) is 11.8 Å². The normalized spacial score (nSPS) is 25.9. The molecule has 3 rings (SSSR count). The average Bonchev–Trinajstić information content (AvgIpc) is 3.18. The van der Waals surface area contributed by atoms with Gasteiger partial charge in [0, 0.05) is 32.4 Å².